The van der Waals surface area contributed by atoms with Crippen molar-refractivity contribution in [2.45, 2.75) is 38.3 Å². The Morgan fingerprint density at radius 3 is 2.85 bits per heavy atom. The zero-order valence-electron chi connectivity index (χ0n) is 11.4. The van der Waals surface area contributed by atoms with Gasteiger partial charge in [0.25, 0.3) is 0 Å². The van der Waals surface area contributed by atoms with Crippen molar-refractivity contribution in [1.82, 2.24) is 15.2 Å². The van der Waals surface area contributed by atoms with Gasteiger partial charge in [-0.1, -0.05) is 6.07 Å². The molecule has 1 atom stereocenters. The third-order valence-corrected chi connectivity index (χ3v) is 3.63. The summed E-state index contributed by atoms with van der Waals surface area (Å²) in [4.78, 5) is 29.6. The highest BCUT2D eigenvalue weighted by Crippen LogP contribution is 2.30. The van der Waals surface area contributed by atoms with E-state index in [1.165, 1.54) is 0 Å². The summed E-state index contributed by atoms with van der Waals surface area (Å²) in [6.07, 6.45) is 4.28. The number of anilines is 1. The summed E-state index contributed by atoms with van der Waals surface area (Å²) in [7, 11) is 0. The summed E-state index contributed by atoms with van der Waals surface area (Å²) in [5, 5.41) is 5.51. The Balaban J connectivity index is 1.51. The Hall–Kier alpha value is -2.11. The van der Waals surface area contributed by atoms with Gasteiger partial charge >= 0.3 is 6.03 Å². The molecule has 2 fully saturated rings. The van der Waals surface area contributed by atoms with Crippen LogP contribution in [0.4, 0.5) is 10.6 Å². The van der Waals surface area contributed by atoms with Gasteiger partial charge in [0, 0.05) is 25.2 Å². The molecule has 2 N–H and O–H groups in total. The van der Waals surface area contributed by atoms with E-state index < -0.39 is 0 Å². The molecule has 0 spiro atoms. The number of rotatable bonds is 3. The highest BCUT2D eigenvalue weighted by atomic mass is 16.2. The van der Waals surface area contributed by atoms with Gasteiger partial charge in [0.1, 0.15) is 5.82 Å². The normalized spacial score (nSPS) is 21.9. The van der Waals surface area contributed by atoms with E-state index in [9.17, 15) is 9.59 Å². The first kappa shape index (κ1) is 12.9. The lowest BCUT2D eigenvalue weighted by molar-refractivity contribution is -0.128. The zero-order chi connectivity index (χ0) is 14.1. The fraction of sp³-hybridized carbons (Fsp3) is 0.500. The number of carbonyl (C=O) groups is 2. The van der Waals surface area contributed by atoms with E-state index in [0.29, 0.717) is 24.8 Å². The van der Waals surface area contributed by atoms with Gasteiger partial charge in [-0.05, 0) is 31.4 Å². The Morgan fingerprint density at radius 1 is 1.40 bits per heavy atom. The molecule has 3 rings (SSSR count). The Kier molecular flexibility index (Phi) is 3.30. The van der Waals surface area contributed by atoms with Crippen LogP contribution in [-0.2, 0) is 4.79 Å². The molecule has 2 heterocycles. The van der Waals surface area contributed by atoms with E-state index in [-0.39, 0.29) is 18.0 Å². The van der Waals surface area contributed by atoms with E-state index in [1.54, 1.807) is 12.3 Å². The molecule has 0 unspecified atom stereocenters. The second-order valence-electron chi connectivity index (χ2n) is 5.50. The van der Waals surface area contributed by atoms with Gasteiger partial charge in [0.15, 0.2) is 0 Å². The molecule has 1 saturated heterocycles. The zero-order valence-corrected chi connectivity index (χ0v) is 11.4. The maximum atomic E-state index is 11.9. The molecule has 1 aromatic rings. The van der Waals surface area contributed by atoms with E-state index in [1.807, 2.05) is 17.9 Å². The second-order valence-corrected chi connectivity index (χ2v) is 5.50. The van der Waals surface area contributed by atoms with Crippen LogP contribution >= 0.6 is 0 Å². The highest BCUT2D eigenvalue weighted by Gasteiger charge is 2.39. The molecule has 1 aromatic heterocycles. The van der Waals surface area contributed by atoms with Crippen LogP contribution < -0.4 is 10.6 Å². The number of aromatic nitrogens is 1. The van der Waals surface area contributed by atoms with E-state index in [4.69, 9.17) is 0 Å². The number of nitrogens with one attached hydrogen (secondary N) is 2. The number of amides is 3. The summed E-state index contributed by atoms with van der Waals surface area (Å²) in [5.74, 6) is 0.655. The molecule has 1 aliphatic heterocycles. The maximum Gasteiger partial charge on any atom is 0.320 e. The lowest BCUT2D eigenvalue weighted by atomic mass is 10.2. The molecule has 6 nitrogen and oxygen atoms in total. The molecule has 0 aromatic carbocycles. The van der Waals surface area contributed by atoms with E-state index >= 15 is 0 Å². The molecule has 6 heteroatoms. The van der Waals surface area contributed by atoms with Gasteiger partial charge in [0.2, 0.25) is 5.91 Å². The first-order chi connectivity index (χ1) is 9.61. The monoisotopic (exact) mass is 274 g/mol. The van der Waals surface area contributed by atoms with E-state index in [0.717, 1.165) is 18.4 Å². The summed E-state index contributed by atoms with van der Waals surface area (Å²) in [6.45, 7) is 2.56. The number of hydrogen-bond acceptors (Lipinski definition) is 3. The van der Waals surface area contributed by atoms with Crippen molar-refractivity contribution in [3.8, 4) is 0 Å². The molecule has 106 valence electrons. The number of aryl methyl sites for hydroxylation is 1. The van der Waals surface area contributed by atoms with Crippen molar-refractivity contribution in [3.05, 3.63) is 23.9 Å². The standard InChI is InChI=1S/C14H18N4O2/c1-9-2-5-12(15-7-9)17-14(20)16-10-6-13(19)18(8-10)11-3-4-11/h2,5,7,10-11H,3-4,6,8H2,1H3,(H2,15,16,17,20)/t10-/m1/s1. The van der Waals surface area contributed by atoms with E-state index in [2.05, 4.69) is 15.6 Å². The summed E-state index contributed by atoms with van der Waals surface area (Å²) in [6, 6.07) is 3.64. The number of hydrogen-bond donors (Lipinski definition) is 2. The fourth-order valence-corrected chi connectivity index (χ4v) is 2.45. The number of carbonyl (C=O) groups excluding carboxylic acids is 2. The summed E-state index contributed by atoms with van der Waals surface area (Å²) < 4.78 is 0. The quantitative estimate of drug-likeness (QED) is 0.871. The predicted molar refractivity (Wildman–Crippen MR) is 74.3 cm³/mol. The fourth-order valence-electron chi connectivity index (χ4n) is 2.45. The van der Waals surface area contributed by atoms with Gasteiger partial charge in [-0.15, -0.1) is 0 Å². The van der Waals surface area contributed by atoms with Crippen LogP contribution in [0.3, 0.4) is 0 Å². The molecule has 1 aliphatic carbocycles. The highest BCUT2D eigenvalue weighted by molar-refractivity contribution is 5.89. The smallest absolute Gasteiger partial charge is 0.320 e. The van der Waals surface area contributed by atoms with Crippen molar-refractivity contribution >= 4 is 17.8 Å². The topological polar surface area (TPSA) is 74.3 Å². The van der Waals surface area contributed by atoms with Crippen molar-refractivity contribution in [2.75, 3.05) is 11.9 Å². The lowest BCUT2D eigenvalue weighted by Gasteiger charge is -2.16. The number of urea groups is 1. The first-order valence-corrected chi connectivity index (χ1v) is 6.91. The van der Waals surface area contributed by atoms with Crippen LogP contribution in [0.5, 0.6) is 0 Å². The van der Waals surface area contributed by atoms with Crippen LogP contribution in [-0.4, -0.2) is 40.5 Å². The molecule has 3 amide bonds. The third kappa shape index (κ3) is 2.89. The number of pyridine rings is 1. The molecule has 0 radical (unpaired) electrons. The lowest BCUT2D eigenvalue weighted by Crippen LogP contribution is -2.40. The van der Waals surface area contributed by atoms with Gasteiger partial charge in [0.05, 0.1) is 6.04 Å². The van der Waals surface area contributed by atoms with Crippen molar-refractivity contribution in [1.29, 1.82) is 0 Å². The largest absolute Gasteiger partial charge is 0.338 e. The minimum atomic E-state index is -0.309. The summed E-state index contributed by atoms with van der Waals surface area (Å²) >= 11 is 0. The molecule has 20 heavy (non-hydrogen) atoms. The first-order valence-electron chi connectivity index (χ1n) is 6.91. The minimum absolute atomic E-state index is 0.103. The second kappa shape index (κ2) is 5.11. The Bertz CT molecular complexity index is 524. The number of likely N-dealkylation sites (tertiary alicyclic amines) is 1. The average Bonchev–Trinajstić information content (AvgIpc) is 3.17. The summed E-state index contributed by atoms with van der Waals surface area (Å²) in [5.41, 5.74) is 1.04. The van der Waals surface area contributed by atoms with Crippen LogP contribution in [0.1, 0.15) is 24.8 Å². The maximum absolute atomic E-state index is 11.9. The molecule has 1 saturated carbocycles. The van der Waals surface area contributed by atoms with Crippen LogP contribution in [0.15, 0.2) is 18.3 Å². The third-order valence-electron chi connectivity index (χ3n) is 3.63. The van der Waals surface area contributed by atoms with Crippen molar-refractivity contribution < 1.29 is 9.59 Å². The van der Waals surface area contributed by atoms with Gasteiger partial charge in [-0.25, -0.2) is 9.78 Å². The average molecular weight is 274 g/mol. The van der Waals surface area contributed by atoms with Gasteiger partial charge in [-0.2, -0.15) is 0 Å². The van der Waals surface area contributed by atoms with Gasteiger partial charge < -0.3 is 10.2 Å². The molecule has 0 bridgehead atoms. The Labute approximate surface area is 117 Å². The predicted octanol–water partition coefficient (Wildman–Crippen LogP) is 1.27. The molecule has 2 aliphatic rings. The van der Waals surface area contributed by atoms with Crippen LogP contribution in [0.2, 0.25) is 0 Å². The SMILES string of the molecule is Cc1ccc(NC(=O)N[C@@H]2CC(=O)N(C3CC3)C2)nc1. The Morgan fingerprint density at radius 2 is 2.20 bits per heavy atom. The molecular weight excluding hydrogens is 256 g/mol. The van der Waals surface area contributed by atoms with Gasteiger partial charge in [-0.3, -0.25) is 10.1 Å². The minimum Gasteiger partial charge on any atom is -0.338 e. The molecular formula is C14H18N4O2. The van der Waals surface area contributed by atoms with Crippen molar-refractivity contribution in [2.24, 2.45) is 0 Å². The van der Waals surface area contributed by atoms with Crippen molar-refractivity contribution in [3.63, 3.8) is 0 Å². The number of nitrogens with zero attached hydrogens (tertiary/aromatic N) is 2. The van der Waals surface area contributed by atoms with Crippen LogP contribution in [0, 0.1) is 6.92 Å². The van der Waals surface area contributed by atoms with Crippen LogP contribution in [0.25, 0.3) is 0 Å².